The Bertz CT molecular complexity index is 382. The summed E-state index contributed by atoms with van der Waals surface area (Å²) in [5, 5.41) is 8.07. The monoisotopic (exact) mass is 179 g/mol. The van der Waals surface area contributed by atoms with Crippen LogP contribution in [0.1, 0.15) is 0 Å². The predicted octanol–water partition coefficient (Wildman–Crippen LogP) is 1.75. The van der Waals surface area contributed by atoms with Gasteiger partial charge in [0.2, 0.25) is 0 Å². The molecule has 0 aliphatic carbocycles. The van der Waals surface area contributed by atoms with Gasteiger partial charge in [0.1, 0.15) is 5.52 Å². The summed E-state index contributed by atoms with van der Waals surface area (Å²) in [5.74, 6) is 0.862. The Labute approximate surface area is 74.8 Å². The van der Waals surface area contributed by atoms with Crippen molar-refractivity contribution >= 4 is 22.8 Å². The van der Waals surface area contributed by atoms with E-state index in [4.69, 9.17) is 0 Å². The Hall–Kier alpha value is -1.03. The van der Waals surface area contributed by atoms with E-state index in [-0.39, 0.29) is 0 Å². The van der Waals surface area contributed by atoms with Crippen LogP contribution in [0.15, 0.2) is 24.3 Å². The lowest BCUT2D eigenvalue weighted by Crippen LogP contribution is -1.95. The number of hydrogen-bond acceptors (Lipinski definition) is 3. The standard InChI is InChI=1S/C8H9N3S/c1-12-6-11-8-5-3-2-4-7(8)9-10-11/h2-5H,6H2,1H3. The Morgan fingerprint density at radius 2 is 2.25 bits per heavy atom. The van der Waals surface area contributed by atoms with Gasteiger partial charge in [-0.1, -0.05) is 17.3 Å². The topological polar surface area (TPSA) is 30.7 Å². The zero-order valence-electron chi connectivity index (χ0n) is 6.77. The first-order valence-corrected chi connectivity index (χ1v) is 5.08. The van der Waals surface area contributed by atoms with Gasteiger partial charge >= 0.3 is 0 Å². The second-order valence-electron chi connectivity index (χ2n) is 2.50. The van der Waals surface area contributed by atoms with Gasteiger partial charge in [-0.15, -0.1) is 16.9 Å². The third-order valence-electron chi connectivity index (χ3n) is 1.67. The molecule has 0 saturated carbocycles. The minimum absolute atomic E-state index is 0.862. The van der Waals surface area contributed by atoms with E-state index < -0.39 is 0 Å². The first-order chi connectivity index (χ1) is 5.92. The molecule has 4 heteroatoms. The third-order valence-corrected chi connectivity index (χ3v) is 2.17. The SMILES string of the molecule is CSCn1nnc2ccccc21. The lowest BCUT2D eigenvalue weighted by atomic mass is 10.3. The summed E-state index contributed by atoms with van der Waals surface area (Å²) < 4.78 is 1.90. The number of fused-ring (bicyclic) bond motifs is 1. The lowest BCUT2D eigenvalue weighted by Gasteiger charge is -1.96. The van der Waals surface area contributed by atoms with Gasteiger partial charge in [-0.3, -0.25) is 0 Å². The summed E-state index contributed by atoms with van der Waals surface area (Å²) in [4.78, 5) is 0. The van der Waals surface area contributed by atoms with E-state index in [1.165, 1.54) is 0 Å². The zero-order chi connectivity index (χ0) is 8.39. The molecule has 0 amide bonds. The Morgan fingerprint density at radius 1 is 1.42 bits per heavy atom. The fourth-order valence-electron chi connectivity index (χ4n) is 1.13. The maximum Gasteiger partial charge on any atom is 0.113 e. The molecule has 0 saturated heterocycles. The molecule has 2 rings (SSSR count). The van der Waals surface area contributed by atoms with Crippen molar-refractivity contribution in [1.82, 2.24) is 15.0 Å². The van der Waals surface area contributed by atoms with Gasteiger partial charge in [-0.2, -0.15) is 0 Å². The summed E-state index contributed by atoms with van der Waals surface area (Å²) in [5.41, 5.74) is 2.07. The molecule has 0 fully saturated rings. The Morgan fingerprint density at radius 3 is 3.08 bits per heavy atom. The van der Waals surface area contributed by atoms with Crippen molar-refractivity contribution in [2.24, 2.45) is 0 Å². The van der Waals surface area contributed by atoms with E-state index in [0.29, 0.717) is 0 Å². The number of para-hydroxylation sites is 1. The van der Waals surface area contributed by atoms with E-state index in [1.807, 2.05) is 28.9 Å². The molecule has 0 spiro atoms. The number of benzene rings is 1. The summed E-state index contributed by atoms with van der Waals surface area (Å²) in [6.45, 7) is 0. The molecule has 0 unspecified atom stereocenters. The second-order valence-corrected chi connectivity index (χ2v) is 3.33. The normalized spacial score (nSPS) is 10.8. The molecular formula is C8H9N3S. The summed E-state index contributed by atoms with van der Waals surface area (Å²) in [6.07, 6.45) is 2.05. The molecule has 0 atom stereocenters. The van der Waals surface area contributed by atoms with Crippen LogP contribution in [0.5, 0.6) is 0 Å². The van der Waals surface area contributed by atoms with Crippen molar-refractivity contribution in [2.45, 2.75) is 5.88 Å². The fourth-order valence-corrected chi connectivity index (χ4v) is 1.57. The van der Waals surface area contributed by atoms with Crippen LogP contribution in [0.2, 0.25) is 0 Å². The van der Waals surface area contributed by atoms with E-state index in [2.05, 4.69) is 16.6 Å². The smallest absolute Gasteiger partial charge is 0.113 e. The minimum atomic E-state index is 0.862. The summed E-state index contributed by atoms with van der Waals surface area (Å²) in [7, 11) is 0. The summed E-state index contributed by atoms with van der Waals surface area (Å²) >= 11 is 1.73. The van der Waals surface area contributed by atoms with E-state index in [0.717, 1.165) is 16.9 Å². The van der Waals surface area contributed by atoms with Crippen molar-refractivity contribution in [2.75, 3.05) is 6.26 Å². The number of hydrogen-bond donors (Lipinski definition) is 0. The molecule has 0 N–H and O–H groups in total. The first kappa shape index (κ1) is 7.61. The van der Waals surface area contributed by atoms with Crippen molar-refractivity contribution in [3.05, 3.63) is 24.3 Å². The number of aromatic nitrogens is 3. The highest BCUT2D eigenvalue weighted by molar-refractivity contribution is 7.97. The molecule has 0 bridgehead atoms. The molecule has 1 heterocycles. The van der Waals surface area contributed by atoms with Crippen LogP contribution in [0.25, 0.3) is 11.0 Å². The highest BCUT2D eigenvalue weighted by Gasteiger charge is 2.00. The van der Waals surface area contributed by atoms with Crippen LogP contribution in [0, 0.1) is 0 Å². The molecule has 0 aliphatic heterocycles. The van der Waals surface area contributed by atoms with Gasteiger partial charge in [-0.05, 0) is 18.4 Å². The van der Waals surface area contributed by atoms with Gasteiger partial charge in [-0.25, -0.2) is 4.68 Å². The molecule has 0 aliphatic rings. The van der Waals surface area contributed by atoms with Crippen molar-refractivity contribution < 1.29 is 0 Å². The fraction of sp³-hybridized carbons (Fsp3) is 0.250. The molecule has 12 heavy (non-hydrogen) atoms. The molecular weight excluding hydrogens is 170 g/mol. The number of thioether (sulfide) groups is 1. The quantitative estimate of drug-likeness (QED) is 0.703. The van der Waals surface area contributed by atoms with E-state index in [1.54, 1.807) is 11.8 Å². The van der Waals surface area contributed by atoms with Gasteiger partial charge < -0.3 is 0 Å². The van der Waals surface area contributed by atoms with E-state index in [9.17, 15) is 0 Å². The van der Waals surface area contributed by atoms with Crippen LogP contribution < -0.4 is 0 Å². The number of nitrogens with zero attached hydrogens (tertiary/aromatic N) is 3. The van der Waals surface area contributed by atoms with E-state index >= 15 is 0 Å². The van der Waals surface area contributed by atoms with Gasteiger partial charge in [0.25, 0.3) is 0 Å². The summed E-state index contributed by atoms with van der Waals surface area (Å²) in [6, 6.07) is 7.98. The van der Waals surface area contributed by atoms with Crippen LogP contribution in [0.3, 0.4) is 0 Å². The average molecular weight is 179 g/mol. The van der Waals surface area contributed by atoms with Crippen LogP contribution >= 0.6 is 11.8 Å². The van der Waals surface area contributed by atoms with Gasteiger partial charge in [0.15, 0.2) is 0 Å². The second kappa shape index (κ2) is 3.15. The largest absolute Gasteiger partial charge is 0.235 e. The molecule has 62 valence electrons. The predicted molar refractivity (Wildman–Crippen MR) is 51.0 cm³/mol. The van der Waals surface area contributed by atoms with Crippen molar-refractivity contribution in [1.29, 1.82) is 0 Å². The average Bonchev–Trinajstić information content (AvgIpc) is 2.50. The molecule has 3 nitrogen and oxygen atoms in total. The third kappa shape index (κ3) is 1.18. The minimum Gasteiger partial charge on any atom is -0.235 e. The highest BCUT2D eigenvalue weighted by Crippen LogP contribution is 2.11. The Kier molecular flexibility index (Phi) is 1.99. The Balaban J connectivity index is 2.55. The molecule has 1 aromatic carbocycles. The molecule has 1 aromatic heterocycles. The lowest BCUT2D eigenvalue weighted by molar-refractivity contribution is 0.724. The maximum absolute atomic E-state index is 4.04. The highest BCUT2D eigenvalue weighted by atomic mass is 32.2. The van der Waals surface area contributed by atoms with Crippen LogP contribution in [-0.2, 0) is 5.88 Å². The molecule has 0 radical (unpaired) electrons. The zero-order valence-corrected chi connectivity index (χ0v) is 7.58. The maximum atomic E-state index is 4.04. The van der Waals surface area contributed by atoms with Crippen molar-refractivity contribution in [3.8, 4) is 0 Å². The van der Waals surface area contributed by atoms with Gasteiger partial charge in [0.05, 0.1) is 11.4 Å². The van der Waals surface area contributed by atoms with Crippen molar-refractivity contribution in [3.63, 3.8) is 0 Å². The molecule has 2 aromatic rings. The first-order valence-electron chi connectivity index (χ1n) is 3.69. The number of rotatable bonds is 2. The van der Waals surface area contributed by atoms with Gasteiger partial charge in [0, 0.05) is 0 Å². The van der Waals surface area contributed by atoms with Crippen LogP contribution in [-0.4, -0.2) is 21.2 Å². The van der Waals surface area contributed by atoms with Crippen LogP contribution in [0.4, 0.5) is 0 Å².